The Morgan fingerprint density at radius 2 is 2.15 bits per heavy atom. The molecule has 1 unspecified atom stereocenters. The van der Waals surface area contributed by atoms with E-state index in [4.69, 9.17) is 15.6 Å². The van der Waals surface area contributed by atoms with Crippen LogP contribution in [0.3, 0.4) is 0 Å². The van der Waals surface area contributed by atoms with E-state index in [2.05, 4.69) is 19.1 Å². The van der Waals surface area contributed by atoms with Crippen molar-refractivity contribution in [3.63, 3.8) is 0 Å². The molecule has 0 heterocycles. The summed E-state index contributed by atoms with van der Waals surface area (Å²) in [4.78, 5) is 9.00. The highest BCUT2D eigenvalue weighted by Crippen LogP contribution is 2.17. The summed E-state index contributed by atoms with van der Waals surface area (Å²) < 4.78 is 0. The van der Waals surface area contributed by atoms with E-state index < -0.39 is 5.97 Å². The highest BCUT2D eigenvalue weighted by Gasteiger charge is 2.17. The predicted octanol–water partition coefficient (Wildman–Crippen LogP) is 1.70. The lowest BCUT2D eigenvalue weighted by Gasteiger charge is -2.23. The second-order valence-corrected chi connectivity index (χ2v) is 3.10. The van der Waals surface area contributed by atoms with Crippen LogP contribution in [0.25, 0.3) is 0 Å². The summed E-state index contributed by atoms with van der Waals surface area (Å²) in [6.45, 7) is 3.20. The van der Waals surface area contributed by atoms with Gasteiger partial charge in [0.15, 0.2) is 0 Å². The second-order valence-electron chi connectivity index (χ2n) is 3.10. The largest absolute Gasteiger partial charge is 0.481 e. The van der Waals surface area contributed by atoms with Crippen molar-refractivity contribution in [3.05, 3.63) is 24.3 Å². The van der Waals surface area contributed by atoms with Crippen LogP contribution < -0.4 is 5.73 Å². The van der Waals surface area contributed by atoms with Crippen molar-refractivity contribution in [2.24, 2.45) is 5.73 Å². The number of carbonyl (C=O) groups is 1. The predicted molar refractivity (Wildman–Crippen MR) is 53.4 cm³/mol. The molecule has 1 atom stereocenters. The second kappa shape index (κ2) is 5.54. The van der Waals surface area contributed by atoms with Gasteiger partial charge in [-0.25, -0.2) is 0 Å². The Hall–Kier alpha value is -1.09. The topological polar surface area (TPSA) is 63.3 Å². The molecule has 0 bridgehead atoms. The Kier molecular flexibility index (Phi) is 5.07. The van der Waals surface area contributed by atoms with Gasteiger partial charge in [0.2, 0.25) is 0 Å². The molecule has 0 saturated heterocycles. The van der Waals surface area contributed by atoms with Gasteiger partial charge in [0.05, 0.1) is 0 Å². The van der Waals surface area contributed by atoms with E-state index in [9.17, 15) is 0 Å². The average Bonchev–Trinajstić information content (AvgIpc) is 2.05. The molecule has 0 aromatic carbocycles. The van der Waals surface area contributed by atoms with E-state index >= 15 is 0 Å². The maximum atomic E-state index is 9.00. The third kappa shape index (κ3) is 6.11. The molecule has 0 amide bonds. The monoisotopic (exact) mass is 183 g/mol. The van der Waals surface area contributed by atoms with Crippen molar-refractivity contribution in [1.82, 2.24) is 0 Å². The Morgan fingerprint density at radius 1 is 1.62 bits per heavy atom. The first-order valence-electron chi connectivity index (χ1n) is 4.33. The van der Waals surface area contributed by atoms with E-state index in [1.54, 1.807) is 0 Å². The molecule has 1 aliphatic rings. The fourth-order valence-corrected chi connectivity index (χ4v) is 0.943. The third-order valence-corrected chi connectivity index (χ3v) is 1.83. The van der Waals surface area contributed by atoms with Crippen LogP contribution >= 0.6 is 0 Å². The number of carboxylic acids is 1. The molecule has 0 spiro atoms. The molecule has 0 aromatic rings. The van der Waals surface area contributed by atoms with E-state index in [1.807, 2.05) is 12.2 Å². The number of allylic oxidation sites excluding steroid dienone is 2. The van der Waals surface area contributed by atoms with Crippen LogP contribution in [0.2, 0.25) is 0 Å². The summed E-state index contributed by atoms with van der Waals surface area (Å²) >= 11 is 0. The highest BCUT2D eigenvalue weighted by molar-refractivity contribution is 5.62. The van der Waals surface area contributed by atoms with Crippen molar-refractivity contribution in [2.45, 2.75) is 32.2 Å². The van der Waals surface area contributed by atoms with Gasteiger partial charge in [0, 0.05) is 12.5 Å². The minimum Gasteiger partial charge on any atom is -0.481 e. The number of hydrogen-bond donors (Lipinski definition) is 2. The minimum absolute atomic E-state index is 0.0469. The van der Waals surface area contributed by atoms with Crippen LogP contribution in [0.5, 0.6) is 0 Å². The fraction of sp³-hybridized carbons (Fsp3) is 0.500. The number of nitrogens with two attached hydrogens (primary N) is 1. The van der Waals surface area contributed by atoms with E-state index in [0.29, 0.717) is 0 Å². The number of hydrogen-bond acceptors (Lipinski definition) is 2. The molecule has 1 aliphatic carbocycles. The Balaban J connectivity index is 0.000000310. The molecule has 3 heteroatoms. The summed E-state index contributed by atoms with van der Waals surface area (Å²) in [5, 5.41) is 7.42. The average molecular weight is 183 g/mol. The first kappa shape index (κ1) is 11.9. The summed E-state index contributed by atoms with van der Waals surface area (Å²) in [5.74, 6) is -0.833. The summed E-state index contributed by atoms with van der Waals surface area (Å²) in [5.41, 5.74) is 5.87. The van der Waals surface area contributed by atoms with Crippen LogP contribution in [0.4, 0.5) is 0 Å². The molecule has 3 N–H and O–H groups in total. The molecule has 1 rings (SSSR count). The summed E-state index contributed by atoms with van der Waals surface area (Å²) in [7, 11) is 0. The number of rotatable bonds is 1. The zero-order valence-corrected chi connectivity index (χ0v) is 8.16. The SMILES string of the molecule is CC(=O)O.CCC1(N)C=CC=CC1. The number of carboxylic acid groups (broad SMARTS) is 1. The van der Waals surface area contributed by atoms with Crippen LogP contribution in [-0.2, 0) is 4.79 Å². The smallest absolute Gasteiger partial charge is 0.300 e. The van der Waals surface area contributed by atoms with Crippen molar-refractivity contribution in [1.29, 1.82) is 0 Å². The third-order valence-electron chi connectivity index (χ3n) is 1.83. The lowest BCUT2D eigenvalue weighted by Crippen LogP contribution is -2.36. The molecule has 0 saturated carbocycles. The van der Waals surface area contributed by atoms with Crippen LogP contribution in [0.15, 0.2) is 24.3 Å². The minimum atomic E-state index is -0.833. The summed E-state index contributed by atoms with van der Waals surface area (Å²) in [6, 6.07) is 0. The van der Waals surface area contributed by atoms with Gasteiger partial charge in [-0.2, -0.15) is 0 Å². The fourth-order valence-electron chi connectivity index (χ4n) is 0.943. The van der Waals surface area contributed by atoms with Crippen LogP contribution in [-0.4, -0.2) is 16.6 Å². The molecule has 0 radical (unpaired) electrons. The highest BCUT2D eigenvalue weighted by atomic mass is 16.4. The zero-order chi connectivity index (χ0) is 10.3. The molecule has 13 heavy (non-hydrogen) atoms. The van der Waals surface area contributed by atoms with Gasteiger partial charge in [-0.1, -0.05) is 31.2 Å². The standard InChI is InChI=1S/C8H13N.C2H4O2/c1-2-8(9)6-4-3-5-7-8;1-2(3)4/h3-6H,2,7,9H2,1H3;1H3,(H,3,4). The summed E-state index contributed by atoms with van der Waals surface area (Å²) in [6.07, 6.45) is 10.3. The van der Waals surface area contributed by atoms with Crippen LogP contribution in [0, 0.1) is 0 Å². The molecular formula is C10H17NO2. The maximum absolute atomic E-state index is 9.00. The van der Waals surface area contributed by atoms with E-state index in [-0.39, 0.29) is 5.54 Å². The maximum Gasteiger partial charge on any atom is 0.300 e. The van der Waals surface area contributed by atoms with Gasteiger partial charge in [0.1, 0.15) is 0 Å². The lowest BCUT2D eigenvalue weighted by molar-refractivity contribution is -0.134. The van der Waals surface area contributed by atoms with Crippen molar-refractivity contribution in [3.8, 4) is 0 Å². The van der Waals surface area contributed by atoms with Crippen molar-refractivity contribution < 1.29 is 9.90 Å². The Bertz CT molecular complexity index is 217. The molecule has 0 aromatic heterocycles. The molecule has 0 aliphatic heterocycles. The molecular weight excluding hydrogens is 166 g/mol. The van der Waals surface area contributed by atoms with Crippen molar-refractivity contribution in [2.75, 3.05) is 0 Å². The molecule has 74 valence electrons. The van der Waals surface area contributed by atoms with E-state index in [1.165, 1.54) is 0 Å². The van der Waals surface area contributed by atoms with Gasteiger partial charge in [0.25, 0.3) is 5.97 Å². The van der Waals surface area contributed by atoms with Gasteiger partial charge in [-0.05, 0) is 12.8 Å². The zero-order valence-electron chi connectivity index (χ0n) is 8.16. The van der Waals surface area contributed by atoms with Gasteiger partial charge < -0.3 is 10.8 Å². The Labute approximate surface area is 78.9 Å². The van der Waals surface area contributed by atoms with Gasteiger partial charge in [-0.15, -0.1) is 0 Å². The molecule has 3 nitrogen and oxygen atoms in total. The van der Waals surface area contributed by atoms with Gasteiger partial charge in [-0.3, -0.25) is 4.79 Å². The first-order valence-corrected chi connectivity index (χ1v) is 4.33. The van der Waals surface area contributed by atoms with Gasteiger partial charge >= 0.3 is 0 Å². The Morgan fingerprint density at radius 3 is 2.38 bits per heavy atom. The quantitative estimate of drug-likeness (QED) is 0.650. The van der Waals surface area contributed by atoms with E-state index in [0.717, 1.165) is 19.8 Å². The normalized spacial score (nSPS) is 24.8. The molecule has 0 fully saturated rings. The van der Waals surface area contributed by atoms with Crippen LogP contribution in [0.1, 0.15) is 26.7 Å². The first-order chi connectivity index (χ1) is 6.00. The lowest BCUT2D eigenvalue weighted by atomic mass is 9.90. The van der Waals surface area contributed by atoms with Crippen molar-refractivity contribution >= 4 is 5.97 Å². The number of aliphatic carboxylic acids is 1.